The number of hydrogen-bond acceptors (Lipinski definition) is 14. The maximum absolute atomic E-state index is 15.0. The number of aliphatic hydroxyl groups is 1. The first-order valence-electron chi connectivity index (χ1n) is 24.2. The van der Waals surface area contributed by atoms with Gasteiger partial charge in [0, 0.05) is 87.3 Å². The summed E-state index contributed by atoms with van der Waals surface area (Å²) in [7, 11) is 0. The van der Waals surface area contributed by atoms with E-state index in [-0.39, 0.29) is 60.8 Å². The molecule has 378 valence electrons. The highest BCUT2D eigenvalue weighted by atomic mass is 32.1. The fraction of sp³-hybridized carbons (Fsp3) is 0.540. The Labute approximate surface area is 410 Å². The molecule has 20 heteroatoms. The Morgan fingerprint density at radius 2 is 1.71 bits per heavy atom. The van der Waals surface area contributed by atoms with Gasteiger partial charge in [0.2, 0.25) is 17.6 Å². The van der Waals surface area contributed by atoms with Gasteiger partial charge >= 0.3 is 0 Å². The van der Waals surface area contributed by atoms with Crippen molar-refractivity contribution in [3.8, 4) is 17.0 Å². The number of amides is 3. The maximum Gasteiger partial charge on any atom is 0.257 e. The Hall–Kier alpha value is -5.22. The molecule has 0 aliphatic carbocycles. The lowest BCUT2D eigenvalue weighted by atomic mass is 9.90. The van der Waals surface area contributed by atoms with E-state index in [1.807, 2.05) is 24.8 Å². The van der Waals surface area contributed by atoms with Gasteiger partial charge in [0.15, 0.2) is 23.3 Å². The first-order chi connectivity index (χ1) is 33.8. The van der Waals surface area contributed by atoms with Crippen LogP contribution in [-0.4, -0.2) is 159 Å². The smallest absolute Gasteiger partial charge is 0.257 e. The summed E-state index contributed by atoms with van der Waals surface area (Å²) in [6.45, 7) is 12.5. The fourth-order valence-electron chi connectivity index (χ4n) is 9.54. The highest BCUT2D eigenvalue weighted by molar-refractivity contribution is 7.14. The van der Waals surface area contributed by atoms with E-state index in [1.165, 1.54) is 29.5 Å². The SMILES string of the molecule is C[C@@H]1CN(CC(=O)N2CC(C)(C)c3nc(CO)c(Cc4ccc(F)cc4)cc32)[C@@H](CN2CCOC[C@H]2C(=O)NCCCCCNC(=O)COc2c(-c3csc(N4CCOCC4)n3)ccc(F)c2F)CN1. The molecule has 6 heterocycles. The summed E-state index contributed by atoms with van der Waals surface area (Å²) in [6, 6.07) is 10.2. The minimum atomic E-state index is -1.19. The summed E-state index contributed by atoms with van der Waals surface area (Å²) in [5, 5.41) is 22.2. The summed E-state index contributed by atoms with van der Waals surface area (Å²) >= 11 is 1.38. The molecule has 70 heavy (non-hydrogen) atoms. The van der Waals surface area contributed by atoms with Crippen LogP contribution in [0.5, 0.6) is 5.75 Å². The molecule has 0 spiro atoms. The van der Waals surface area contributed by atoms with Crippen molar-refractivity contribution < 1.29 is 46.9 Å². The molecule has 0 saturated carbocycles. The van der Waals surface area contributed by atoms with Gasteiger partial charge in [-0.25, -0.2) is 13.8 Å². The van der Waals surface area contributed by atoms with Gasteiger partial charge in [-0.15, -0.1) is 11.3 Å². The lowest BCUT2D eigenvalue weighted by Gasteiger charge is -2.44. The Bertz CT molecular complexity index is 2460. The average molecular weight is 992 g/mol. The molecule has 2 aromatic carbocycles. The third-order valence-electron chi connectivity index (χ3n) is 13.4. The third-order valence-corrected chi connectivity index (χ3v) is 14.3. The Morgan fingerprint density at radius 3 is 2.49 bits per heavy atom. The number of carbonyl (C=O) groups excluding carboxylic acids is 3. The maximum atomic E-state index is 15.0. The summed E-state index contributed by atoms with van der Waals surface area (Å²) in [6.07, 6.45) is 2.45. The Kier molecular flexibility index (Phi) is 17.1. The third kappa shape index (κ3) is 12.4. The van der Waals surface area contributed by atoms with Crippen LogP contribution in [0.1, 0.15) is 62.5 Å². The number of anilines is 2. The molecule has 16 nitrogen and oxygen atoms in total. The van der Waals surface area contributed by atoms with Crippen molar-refractivity contribution in [3.63, 3.8) is 0 Å². The van der Waals surface area contributed by atoms with Crippen LogP contribution < -0.4 is 30.5 Å². The van der Waals surface area contributed by atoms with Gasteiger partial charge in [0.05, 0.1) is 62.3 Å². The quantitative estimate of drug-likeness (QED) is 0.0995. The van der Waals surface area contributed by atoms with Crippen LogP contribution in [0.25, 0.3) is 11.3 Å². The lowest BCUT2D eigenvalue weighted by molar-refractivity contribution is -0.134. The van der Waals surface area contributed by atoms with Gasteiger partial charge in [0.1, 0.15) is 11.9 Å². The minimum Gasteiger partial charge on any atom is -0.480 e. The van der Waals surface area contributed by atoms with E-state index >= 15 is 0 Å². The number of nitrogens with zero attached hydrogens (tertiary/aromatic N) is 6. The van der Waals surface area contributed by atoms with Crippen LogP contribution in [0.2, 0.25) is 0 Å². The molecule has 3 atom stereocenters. The predicted molar refractivity (Wildman–Crippen MR) is 260 cm³/mol. The number of morpholine rings is 2. The molecule has 0 bridgehead atoms. The van der Waals surface area contributed by atoms with Crippen molar-refractivity contribution in [1.29, 1.82) is 0 Å². The van der Waals surface area contributed by atoms with Crippen LogP contribution in [0, 0.1) is 17.5 Å². The van der Waals surface area contributed by atoms with Crippen molar-refractivity contribution >= 4 is 39.9 Å². The second-order valence-electron chi connectivity index (χ2n) is 19.1. The van der Waals surface area contributed by atoms with E-state index in [1.54, 1.807) is 17.5 Å². The minimum absolute atomic E-state index is 0.0553. The van der Waals surface area contributed by atoms with Crippen LogP contribution in [0.3, 0.4) is 0 Å². The van der Waals surface area contributed by atoms with E-state index in [9.17, 15) is 32.7 Å². The number of rotatable bonds is 19. The molecule has 3 amide bonds. The molecule has 4 aliphatic rings. The average Bonchev–Trinajstić information content (AvgIpc) is 3.95. The summed E-state index contributed by atoms with van der Waals surface area (Å²) in [4.78, 5) is 58.5. The molecule has 8 rings (SSSR count). The number of thiazole rings is 1. The van der Waals surface area contributed by atoms with E-state index in [4.69, 9.17) is 19.2 Å². The molecule has 3 saturated heterocycles. The first-order valence-corrected chi connectivity index (χ1v) is 25.1. The van der Waals surface area contributed by atoms with Gasteiger partial charge in [-0.05, 0) is 74.1 Å². The van der Waals surface area contributed by atoms with Crippen molar-refractivity contribution in [2.75, 3.05) is 108 Å². The van der Waals surface area contributed by atoms with Crippen LogP contribution in [0.15, 0.2) is 47.8 Å². The normalized spacial score (nSPS) is 20.6. The van der Waals surface area contributed by atoms with Crippen molar-refractivity contribution in [3.05, 3.63) is 87.8 Å². The van der Waals surface area contributed by atoms with Crippen LogP contribution >= 0.6 is 11.3 Å². The lowest BCUT2D eigenvalue weighted by Crippen LogP contribution is -2.63. The molecule has 2 aromatic heterocycles. The number of piperazine rings is 1. The highest BCUT2D eigenvalue weighted by Crippen LogP contribution is 2.41. The molecule has 3 fully saturated rings. The van der Waals surface area contributed by atoms with Crippen molar-refractivity contribution in [2.45, 2.75) is 76.6 Å². The van der Waals surface area contributed by atoms with Gasteiger partial charge in [-0.3, -0.25) is 29.2 Å². The van der Waals surface area contributed by atoms with Gasteiger partial charge in [0.25, 0.3) is 5.91 Å². The van der Waals surface area contributed by atoms with Crippen LogP contribution in [-0.2, 0) is 42.3 Å². The summed E-state index contributed by atoms with van der Waals surface area (Å²) in [5.41, 5.74) is 3.91. The van der Waals surface area contributed by atoms with Crippen molar-refractivity contribution in [1.82, 2.24) is 35.7 Å². The van der Waals surface area contributed by atoms with Crippen molar-refractivity contribution in [2.24, 2.45) is 0 Å². The van der Waals surface area contributed by atoms with E-state index in [0.29, 0.717) is 116 Å². The number of benzene rings is 2. The second kappa shape index (κ2) is 23.3. The summed E-state index contributed by atoms with van der Waals surface area (Å²) in [5.74, 6) is -3.64. The zero-order chi connectivity index (χ0) is 49.4. The number of halogens is 3. The summed E-state index contributed by atoms with van der Waals surface area (Å²) < 4.78 is 59.7. The zero-order valence-corrected chi connectivity index (χ0v) is 40.9. The number of unbranched alkanes of at least 4 members (excludes halogenated alkanes) is 2. The van der Waals surface area contributed by atoms with Crippen LogP contribution in [0.4, 0.5) is 24.0 Å². The number of pyridine rings is 1. The monoisotopic (exact) mass is 991 g/mol. The van der Waals surface area contributed by atoms with E-state index in [0.717, 1.165) is 33.7 Å². The number of aliphatic hydroxyl groups excluding tert-OH is 1. The van der Waals surface area contributed by atoms with Gasteiger partial charge in [-0.1, -0.05) is 26.0 Å². The number of ether oxygens (including phenoxy) is 3. The molecule has 4 aliphatic heterocycles. The number of fused-ring (bicyclic) bond motifs is 1. The number of nitrogens with one attached hydrogen (secondary N) is 3. The number of hydrogen-bond donors (Lipinski definition) is 4. The van der Waals surface area contributed by atoms with Gasteiger partial charge < -0.3 is 45.1 Å². The topological polar surface area (TPSA) is 174 Å². The molecule has 4 N–H and O–H groups in total. The molecule has 0 radical (unpaired) electrons. The van der Waals surface area contributed by atoms with Gasteiger partial charge in [-0.2, -0.15) is 4.39 Å². The molecule has 0 unspecified atom stereocenters. The van der Waals surface area contributed by atoms with E-state index < -0.39 is 35.6 Å². The van der Waals surface area contributed by atoms with E-state index in [2.05, 4.69) is 42.6 Å². The predicted octanol–water partition coefficient (Wildman–Crippen LogP) is 4.01. The highest BCUT2D eigenvalue weighted by Gasteiger charge is 2.42. The number of aromatic nitrogens is 2. The largest absolute Gasteiger partial charge is 0.480 e. The first kappa shape index (κ1) is 51.1. The molecule has 4 aromatic rings. The standard InChI is InChI=1S/C50H64F3N9O7S/c1-32-24-61(26-44(65)62-31-50(2,3)47-41(62)22-34(39(27-63)57-47)21-33-7-9-35(51)10-8-33)36(23-56-32)25-60-17-20-68-28-42(60)48(66)55-14-6-4-5-13-54-43(64)29-69-46-37(11-12-38(52)45(46)53)40-30-70-49(58-40)59-15-18-67-19-16-59/h7-12,22,30,32,36,42,56,63H,4-6,13-21,23-29,31H2,1-3H3,(H,54,64)(H,55,66)/t32-,36-,42+/m1/s1. The molecular weight excluding hydrogens is 928 g/mol. The molecular formula is C50H64F3N9O7S. The Balaban J connectivity index is 0.792. The Morgan fingerprint density at radius 1 is 0.957 bits per heavy atom. The fourth-order valence-corrected chi connectivity index (χ4v) is 10.4. The second-order valence-corrected chi connectivity index (χ2v) is 19.9. The zero-order valence-electron chi connectivity index (χ0n) is 40.1. The number of carbonyl (C=O) groups is 3.